The average Bonchev–Trinajstić information content (AvgIpc) is 3.11. The first-order chi connectivity index (χ1) is 12.3. The van der Waals surface area contributed by atoms with Gasteiger partial charge in [-0.05, 0) is 35.4 Å². The van der Waals surface area contributed by atoms with Crippen LogP contribution in [0.25, 0.3) is 10.4 Å². The number of halogens is 3. The Bertz CT molecular complexity index is 903. The predicted molar refractivity (Wildman–Crippen MR) is 97.0 cm³/mol. The van der Waals surface area contributed by atoms with Gasteiger partial charge in [0.1, 0.15) is 0 Å². The summed E-state index contributed by atoms with van der Waals surface area (Å²) in [5, 5.41) is 0. The minimum Gasteiger partial charge on any atom is -0.337 e. The Labute approximate surface area is 153 Å². The van der Waals surface area contributed by atoms with Crippen molar-refractivity contribution in [2.75, 3.05) is 7.05 Å². The van der Waals surface area contributed by atoms with Gasteiger partial charge < -0.3 is 4.90 Å². The van der Waals surface area contributed by atoms with Gasteiger partial charge >= 0.3 is 6.18 Å². The molecule has 26 heavy (non-hydrogen) atoms. The van der Waals surface area contributed by atoms with Gasteiger partial charge in [0.05, 0.1) is 10.4 Å². The molecular formula is C20H16F3NOS. The second-order valence-electron chi connectivity index (χ2n) is 5.89. The summed E-state index contributed by atoms with van der Waals surface area (Å²) >= 11 is 1.19. The Morgan fingerprint density at radius 2 is 1.73 bits per heavy atom. The van der Waals surface area contributed by atoms with Crippen LogP contribution in [0.5, 0.6) is 0 Å². The normalized spacial score (nSPS) is 11.4. The molecule has 0 radical (unpaired) electrons. The van der Waals surface area contributed by atoms with Crippen LogP contribution >= 0.6 is 11.3 Å². The van der Waals surface area contributed by atoms with Crippen LogP contribution in [0.2, 0.25) is 0 Å². The van der Waals surface area contributed by atoms with E-state index < -0.39 is 11.7 Å². The smallest absolute Gasteiger partial charge is 0.337 e. The molecule has 0 aliphatic rings. The van der Waals surface area contributed by atoms with E-state index in [1.807, 2.05) is 30.3 Å². The summed E-state index contributed by atoms with van der Waals surface area (Å²) < 4.78 is 38.6. The Balaban J connectivity index is 1.78. The quantitative estimate of drug-likeness (QED) is 0.572. The molecule has 0 atom stereocenters. The lowest BCUT2D eigenvalue weighted by Gasteiger charge is -2.16. The first-order valence-electron chi connectivity index (χ1n) is 7.91. The summed E-state index contributed by atoms with van der Waals surface area (Å²) in [7, 11) is 1.71. The summed E-state index contributed by atoms with van der Waals surface area (Å²) in [6.07, 6.45) is -4.39. The molecule has 2 nitrogen and oxygen atoms in total. The lowest BCUT2D eigenvalue weighted by atomic mass is 10.1. The van der Waals surface area contributed by atoms with Crippen molar-refractivity contribution in [3.63, 3.8) is 0 Å². The Kier molecular flexibility index (Phi) is 5.13. The third kappa shape index (κ3) is 4.14. The molecular weight excluding hydrogens is 359 g/mol. The van der Waals surface area contributed by atoms with Crippen LogP contribution in [0.15, 0.2) is 66.7 Å². The maximum Gasteiger partial charge on any atom is 0.416 e. The highest BCUT2D eigenvalue weighted by molar-refractivity contribution is 7.17. The van der Waals surface area contributed by atoms with Crippen molar-refractivity contribution in [2.24, 2.45) is 0 Å². The number of carbonyl (C=O) groups excluding carboxylic acids is 1. The largest absolute Gasteiger partial charge is 0.416 e. The lowest BCUT2D eigenvalue weighted by molar-refractivity contribution is -0.137. The van der Waals surface area contributed by atoms with Crippen LogP contribution in [-0.2, 0) is 12.7 Å². The second-order valence-corrected chi connectivity index (χ2v) is 6.97. The third-order valence-corrected chi connectivity index (χ3v) is 5.02. The highest BCUT2D eigenvalue weighted by Crippen LogP contribution is 2.34. The molecule has 0 saturated carbocycles. The van der Waals surface area contributed by atoms with Crippen molar-refractivity contribution < 1.29 is 18.0 Å². The zero-order valence-corrected chi connectivity index (χ0v) is 14.8. The molecule has 6 heteroatoms. The molecule has 1 heterocycles. The molecule has 0 spiro atoms. The van der Waals surface area contributed by atoms with E-state index in [-0.39, 0.29) is 5.91 Å². The van der Waals surface area contributed by atoms with Crippen LogP contribution in [0.3, 0.4) is 0 Å². The van der Waals surface area contributed by atoms with Gasteiger partial charge in [0.2, 0.25) is 0 Å². The summed E-state index contributed by atoms with van der Waals surface area (Å²) in [4.78, 5) is 15.3. The van der Waals surface area contributed by atoms with E-state index in [2.05, 4.69) is 0 Å². The van der Waals surface area contributed by atoms with Gasteiger partial charge in [0.15, 0.2) is 0 Å². The number of hydrogen-bond acceptors (Lipinski definition) is 2. The first kappa shape index (κ1) is 18.2. The van der Waals surface area contributed by atoms with Crippen LogP contribution in [0, 0.1) is 0 Å². The summed E-state index contributed by atoms with van der Waals surface area (Å²) in [6.45, 7) is 0.469. The number of benzene rings is 2. The highest BCUT2D eigenvalue weighted by Gasteiger charge is 2.30. The monoisotopic (exact) mass is 375 g/mol. The Morgan fingerprint density at radius 1 is 1.00 bits per heavy atom. The molecule has 0 saturated heterocycles. The standard InChI is InChI=1S/C20H16F3NOS/c1-24(13-14-6-3-2-4-7-14)19(25)18-11-10-17(26-18)15-8-5-9-16(12-15)20(21,22)23/h2-12H,13H2,1H3. The van der Waals surface area contributed by atoms with Crippen molar-refractivity contribution in [3.05, 3.63) is 82.7 Å². The van der Waals surface area contributed by atoms with Crippen LogP contribution in [0.1, 0.15) is 20.8 Å². The predicted octanol–water partition coefficient (Wildman–Crippen LogP) is 5.71. The lowest BCUT2D eigenvalue weighted by Crippen LogP contribution is -2.25. The zero-order valence-electron chi connectivity index (χ0n) is 14.0. The second kappa shape index (κ2) is 7.33. The van der Waals surface area contributed by atoms with Gasteiger partial charge in [-0.15, -0.1) is 11.3 Å². The molecule has 0 aliphatic heterocycles. The van der Waals surface area contributed by atoms with E-state index in [9.17, 15) is 18.0 Å². The van der Waals surface area contributed by atoms with Crippen molar-refractivity contribution in [2.45, 2.75) is 12.7 Å². The molecule has 3 rings (SSSR count). The molecule has 0 aliphatic carbocycles. The fourth-order valence-corrected chi connectivity index (χ4v) is 3.57. The third-order valence-electron chi connectivity index (χ3n) is 3.90. The van der Waals surface area contributed by atoms with Gasteiger partial charge in [0.25, 0.3) is 5.91 Å². The summed E-state index contributed by atoms with van der Waals surface area (Å²) in [5.74, 6) is -0.155. The zero-order chi connectivity index (χ0) is 18.7. The maximum atomic E-state index is 12.9. The summed E-state index contributed by atoms with van der Waals surface area (Å²) in [5.41, 5.74) is 0.769. The number of nitrogens with zero attached hydrogens (tertiary/aromatic N) is 1. The van der Waals surface area contributed by atoms with E-state index in [4.69, 9.17) is 0 Å². The van der Waals surface area contributed by atoms with Crippen LogP contribution in [-0.4, -0.2) is 17.9 Å². The first-order valence-corrected chi connectivity index (χ1v) is 8.73. The van der Waals surface area contributed by atoms with Gasteiger partial charge in [0, 0.05) is 18.5 Å². The molecule has 2 aromatic carbocycles. The molecule has 3 aromatic rings. The van der Waals surface area contributed by atoms with E-state index >= 15 is 0 Å². The molecule has 0 unspecified atom stereocenters. The maximum absolute atomic E-state index is 12.9. The number of thiophene rings is 1. The molecule has 1 aromatic heterocycles. The average molecular weight is 375 g/mol. The van der Waals surface area contributed by atoms with E-state index in [1.165, 1.54) is 17.4 Å². The number of alkyl halides is 3. The van der Waals surface area contributed by atoms with Crippen molar-refractivity contribution in [3.8, 4) is 10.4 Å². The fraction of sp³-hybridized carbons (Fsp3) is 0.150. The van der Waals surface area contributed by atoms with Crippen molar-refractivity contribution in [1.82, 2.24) is 4.90 Å². The highest BCUT2D eigenvalue weighted by atomic mass is 32.1. The van der Waals surface area contributed by atoms with Crippen LogP contribution < -0.4 is 0 Å². The minimum atomic E-state index is -4.39. The number of rotatable bonds is 4. The van der Waals surface area contributed by atoms with E-state index in [0.29, 0.717) is 21.9 Å². The van der Waals surface area contributed by atoms with Crippen molar-refractivity contribution >= 4 is 17.2 Å². The molecule has 1 amide bonds. The van der Waals surface area contributed by atoms with Gasteiger partial charge in [-0.3, -0.25) is 4.79 Å². The number of hydrogen-bond donors (Lipinski definition) is 0. The van der Waals surface area contributed by atoms with Gasteiger partial charge in [-0.25, -0.2) is 0 Å². The van der Waals surface area contributed by atoms with E-state index in [1.54, 1.807) is 30.1 Å². The molecule has 0 bridgehead atoms. The fourth-order valence-electron chi connectivity index (χ4n) is 2.57. The molecule has 0 N–H and O–H groups in total. The Hall–Kier alpha value is -2.60. The minimum absolute atomic E-state index is 0.155. The molecule has 134 valence electrons. The Morgan fingerprint density at radius 3 is 2.42 bits per heavy atom. The van der Waals surface area contributed by atoms with Gasteiger partial charge in [-0.2, -0.15) is 13.2 Å². The SMILES string of the molecule is CN(Cc1ccccc1)C(=O)c1ccc(-c2cccc(C(F)(F)F)c2)s1. The topological polar surface area (TPSA) is 20.3 Å². The van der Waals surface area contributed by atoms with Gasteiger partial charge in [-0.1, -0.05) is 42.5 Å². The number of amides is 1. The van der Waals surface area contributed by atoms with Crippen LogP contribution in [0.4, 0.5) is 13.2 Å². The van der Waals surface area contributed by atoms with E-state index in [0.717, 1.165) is 17.7 Å². The molecule has 0 fully saturated rings. The number of carbonyl (C=O) groups is 1. The summed E-state index contributed by atoms with van der Waals surface area (Å²) in [6, 6.07) is 18.1. The van der Waals surface area contributed by atoms with Crippen molar-refractivity contribution in [1.29, 1.82) is 0 Å².